The van der Waals surface area contributed by atoms with Crippen LogP contribution in [0, 0.1) is 10.1 Å². The number of carbonyl (C=O) groups is 1. The molecule has 1 aromatic carbocycles. The van der Waals surface area contributed by atoms with Gasteiger partial charge in [-0.3, -0.25) is 14.9 Å². The maximum atomic E-state index is 12.0. The van der Waals surface area contributed by atoms with Gasteiger partial charge in [0.25, 0.3) is 11.6 Å². The SMILES string of the molecule is O=C(N[C@@H]1CCS(=O)(=O)C1)c1cc(Cl)ccc1[N+](=O)[O-]. The first-order chi connectivity index (χ1) is 9.28. The molecule has 0 aromatic heterocycles. The van der Waals surface area contributed by atoms with Crippen LogP contribution in [0.4, 0.5) is 5.69 Å². The number of sulfone groups is 1. The summed E-state index contributed by atoms with van der Waals surface area (Å²) in [5.74, 6) is -0.829. The number of amides is 1. The molecule has 1 saturated heterocycles. The third-order valence-electron chi connectivity index (χ3n) is 2.97. The number of carbonyl (C=O) groups excluding carboxylic acids is 1. The molecular formula is C11H11ClN2O5S. The largest absolute Gasteiger partial charge is 0.348 e. The Hall–Kier alpha value is -1.67. The van der Waals surface area contributed by atoms with Gasteiger partial charge in [0.2, 0.25) is 0 Å². The van der Waals surface area contributed by atoms with Crippen molar-refractivity contribution in [3.8, 4) is 0 Å². The molecule has 7 nitrogen and oxygen atoms in total. The van der Waals surface area contributed by atoms with Gasteiger partial charge in [0.15, 0.2) is 9.84 Å². The average molecular weight is 319 g/mol. The predicted molar refractivity (Wildman–Crippen MR) is 72.6 cm³/mol. The Bertz CT molecular complexity index is 673. The summed E-state index contributed by atoms with van der Waals surface area (Å²) in [5.41, 5.74) is -0.542. The van der Waals surface area contributed by atoms with Crippen molar-refractivity contribution in [2.24, 2.45) is 0 Å². The summed E-state index contributed by atoms with van der Waals surface area (Å²) >= 11 is 5.73. The van der Waals surface area contributed by atoms with E-state index in [1.165, 1.54) is 12.1 Å². The van der Waals surface area contributed by atoms with Crippen molar-refractivity contribution >= 4 is 33.0 Å². The molecule has 9 heteroatoms. The zero-order chi connectivity index (χ0) is 14.9. The fourth-order valence-corrected chi connectivity index (χ4v) is 3.87. The van der Waals surface area contributed by atoms with Gasteiger partial charge < -0.3 is 5.32 Å². The first kappa shape index (κ1) is 14.7. The molecule has 0 bridgehead atoms. The predicted octanol–water partition coefficient (Wildman–Crippen LogP) is 1.17. The molecule has 1 aromatic rings. The van der Waals surface area contributed by atoms with Gasteiger partial charge in [-0.2, -0.15) is 0 Å². The average Bonchev–Trinajstić information content (AvgIpc) is 2.68. The number of rotatable bonds is 3. The van der Waals surface area contributed by atoms with Crippen molar-refractivity contribution in [2.75, 3.05) is 11.5 Å². The van der Waals surface area contributed by atoms with E-state index in [1.54, 1.807) is 0 Å². The Kier molecular flexibility index (Phi) is 3.96. The van der Waals surface area contributed by atoms with Gasteiger partial charge in [0.05, 0.1) is 16.4 Å². The molecule has 1 N–H and O–H groups in total. The monoisotopic (exact) mass is 318 g/mol. The molecular weight excluding hydrogens is 308 g/mol. The summed E-state index contributed by atoms with van der Waals surface area (Å²) in [6.45, 7) is 0. The summed E-state index contributed by atoms with van der Waals surface area (Å²) in [6, 6.07) is 3.13. The summed E-state index contributed by atoms with van der Waals surface area (Å²) in [6.07, 6.45) is 0.308. The Morgan fingerprint density at radius 2 is 2.15 bits per heavy atom. The molecule has 2 rings (SSSR count). The van der Waals surface area contributed by atoms with Crippen LogP contribution < -0.4 is 5.32 Å². The number of nitrogens with zero attached hydrogens (tertiary/aromatic N) is 1. The second-order valence-corrected chi connectivity index (χ2v) is 7.16. The topological polar surface area (TPSA) is 106 Å². The van der Waals surface area contributed by atoms with E-state index in [9.17, 15) is 23.3 Å². The third kappa shape index (κ3) is 3.26. The molecule has 0 unspecified atom stereocenters. The second-order valence-electron chi connectivity index (χ2n) is 4.49. The van der Waals surface area contributed by atoms with E-state index < -0.39 is 26.7 Å². The first-order valence-corrected chi connectivity index (χ1v) is 7.94. The molecule has 0 aliphatic carbocycles. The van der Waals surface area contributed by atoms with Gasteiger partial charge in [-0.25, -0.2) is 8.42 Å². The van der Waals surface area contributed by atoms with Gasteiger partial charge in [0.1, 0.15) is 5.56 Å². The number of nitro benzene ring substituents is 1. The van der Waals surface area contributed by atoms with E-state index in [4.69, 9.17) is 11.6 Å². The summed E-state index contributed by atoms with van der Waals surface area (Å²) in [5, 5.41) is 13.6. The van der Waals surface area contributed by atoms with Crippen LogP contribution in [-0.2, 0) is 9.84 Å². The van der Waals surface area contributed by atoms with E-state index in [1.807, 2.05) is 0 Å². The molecule has 108 valence electrons. The van der Waals surface area contributed by atoms with Crippen LogP contribution in [0.25, 0.3) is 0 Å². The van der Waals surface area contributed by atoms with E-state index in [-0.39, 0.29) is 27.8 Å². The van der Waals surface area contributed by atoms with Crippen LogP contribution in [0.1, 0.15) is 16.8 Å². The molecule has 0 radical (unpaired) electrons. The molecule has 1 amide bonds. The molecule has 1 fully saturated rings. The molecule has 20 heavy (non-hydrogen) atoms. The standard InChI is InChI=1S/C11H11ClN2O5S/c12-7-1-2-10(14(16)17)9(5-7)11(15)13-8-3-4-20(18,19)6-8/h1-2,5,8H,3-4,6H2,(H,13,15)/t8-/m1/s1. The van der Waals surface area contributed by atoms with Crippen LogP contribution in [0.3, 0.4) is 0 Å². The highest BCUT2D eigenvalue weighted by Gasteiger charge is 2.30. The minimum atomic E-state index is -3.13. The number of halogens is 1. The van der Waals surface area contributed by atoms with Crippen molar-refractivity contribution in [3.63, 3.8) is 0 Å². The van der Waals surface area contributed by atoms with E-state index in [0.29, 0.717) is 6.42 Å². The van der Waals surface area contributed by atoms with Gasteiger partial charge >= 0.3 is 0 Å². The highest BCUT2D eigenvalue weighted by atomic mass is 35.5. The summed E-state index contributed by atoms with van der Waals surface area (Å²) in [7, 11) is -3.13. The fourth-order valence-electron chi connectivity index (χ4n) is 2.02. The van der Waals surface area contributed by atoms with Crippen LogP contribution in [0.15, 0.2) is 18.2 Å². The molecule has 0 spiro atoms. The molecule has 1 aliphatic rings. The number of hydrogen-bond acceptors (Lipinski definition) is 5. The highest BCUT2D eigenvalue weighted by molar-refractivity contribution is 7.91. The van der Waals surface area contributed by atoms with Crippen molar-refractivity contribution in [3.05, 3.63) is 38.9 Å². The second kappa shape index (κ2) is 5.37. The minimum Gasteiger partial charge on any atom is -0.348 e. The first-order valence-electron chi connectivity index (χ1n) is 5.74. The number of benzene rings is 1. The Morgan fingerprint density at radius 1 is 1.45 bits per heavy atom. The van der Waals surface area contributed by atoms with E-state index in [2.05, 4.69) is 5.32 Å². The van der Waals surface area contributed by atoms with Gasteiger partial charge in [-0.05, 0) is 18.6 Å². The lowest BCUT2D eigenvalue weighted by atomic mass is 10.1. The van der Waals surface area contributed by atoms with Crippen LogP contribution in [-0.4, -0.2) is 36.8 Å². The van der Waals surface area contributed by atoms with Crippen molar-refractivity contribution in [2.45, 2.75) is 12.5 Å². The lowest BCUT2D eigenvalue weighted by molar-refractivity contribution is -0.385. The Balaban J connectivity index is 2.21. The lowest BCUT2D eigenvalue weighted by Crippen LogP contribution is -2.35. The van der Waals surface area contributed by atoms with E-state index >= 15 is 0 Å². The normalized spacial score (nSPS) is 20.6. The van der Waals surface area contributed by atoms with Crippen molar-refractivity contribution < 1.29 is 18.1 Å². The third-order valence-corrected chi connectivity index (χ3v) is 4.97. The van der Waals surface area contributed by atoms with Gasteiger partial charge in [-0.15, -0.1) is 0 Å². The number of hydrogen-bond donors (Lipinski definition) is 1. The maximum Gasteiger partial charge on any atom is 0.282 e. The zero-order valence-corrected chi connectivity index (χ0v) is 11.8. The van der Waals surface area contributed by atoms with Crippen LogP contribution in [0.5, 0.6) is 0 Å². The molecule has 1 atom stereocenters. The van der Waals surface area contributed by atoms with Gasteiger partial charge in [-0.1, -0.05) is 11.6 Å². The maximum absolute atomic E-state index is 12.0. The summed E-state index contributed by atoms with van der Waals surface area (Å²) in [4.78, 5) is 22.2. The molecule has 1 aliphatic heterocycles. The summed E-state index contributed by atoms with van der Waals surface area (Å²) < 4.78 is 22.6. The highest BCUT2D eigenvalue weighted by Crippen LogP contribution is 2.23. The molecule has 0 saturated carbocycles. The zero-order valence-electron chi connectivity index (χ0n) is 10.2. The van der Waals surface area contributed by atoms with Crippen LogP contribution in [0.2, 0.25) is 5.02 Å². The Labute approximate surface area is 120 Å². The van der Waals surface area contributed by atoms with E-state index in [0.717, 1.165) is 6.07 Å². The van der Waals surface area contributed by atoms with Crippen LogP contribution >= 0.6 is 11.6 Å². The smallest absolute Gasteiger partial charge is 0.282 e. The quantitative estimate of drug-likeness (QED) is 0.665. The van der Waals surface area contributed by atoms with Gasteiger partial charge in [0, 0.05) is 17.1 Å². The molecule has 1 heterocycles. The van der Waals surface area contributed by atoms with Crippen molar-refractivity contribution in [1.29, 1.82) is 0 Å². The lowest BCUT2D eigenvalue weighted by Gasteiger charge is -2.11. The van der Waals surface area contributed by atoms with Crippen molar-refractivity contribution in [1.82, 2.24) is 5.32 Å². The minimum absolute atomic E-state index is 0.00951. The number of nitrogens with one attached hydrogen (secondary N) is 1. The number of nitro groups is 1. The fraction of sp³-hybridized carbons (Fsp3) is 0.364. The Morgan fingerprint density at radius 3 is 2.70 bits per heavy atom.